The topological polar surface area (TPSA) is 72.6 Å². The summed E-state index contributed by atoms with van der Waals surface area (Å²) in [5, 5.41) is 10.2. The van der Waals surface area contributed by atoms with Crippen LogP contribution in [0.4, 0.5) is 0 Å². The number of ether oxygens (including phenoxy) is 1. The maximum Gasteiger partial charge on any atom is 0.228 e. The Kier molecular flexibility index (Phi) is 3.55. The highest BCUT2D eigenvalue weighted by Gasteiger charge is 2.31. The Hall–Kier alpha value is -1.91. The van der Waals surface area contributed by atoms with Gasteiger partial charge in [-0.05, 0) is 35.8 Å². The summed E-state index contributed by atoms with van der Waals surface area (Å²) in [7, 11) is 1.40. The number of hydrogen-bond donors (Lipinski definition) is 2. The average molecular weight is 259 g/mol. The van der Waals surface area contributed by atoms with Crippen LogP contribution in [0.2, 0.25) is 0 Å². The Morgan fingerprint density at radius 2 is 2.11 bits per heavy atom. The van der Waals surface area contributed by atoms with Crippen LogP contribution >= 0.6 is 0 Å². The van der Waals surface area contributed by atoms with E-state index in [0.717, 1.165) is 11.1 Å². The first-order valence-corrected chi connectivity index (χ1v) is 6.02. The number of methoxy groups -OCH3 is 1. The minimum Gasteiger partial charge on any atom is -0.369 e. The van der Waals surface area contributed by atoms with Gasteiger partial charge in [0.1, 0.15) is 0 Å². The fourth-order valence-corrected chi connectivity index (χ4v) is 2.22. The number of aliphatic hydroxyl groups is 1. The number of amides is 1. The zero-order valence-electron chi connectivity index (χ0n) is 11.0. The fourth-order valence-electron chi connectivity index (χ4n) is 2.22. The van der Waals surface area contributed by atoms with Gasteiger partial charge in [0.05, 0.1) is 5.92 Å². The normalized spacial score (nSPS) is 26.1. The number of nitrogens with two attached hydrogens (primary N) is 1. The molecule has 4 nitrogen and oxygen atoms in total. The molecule has 2 rings (SSSR count). The van der Waals surface area contributed by atoms with E-state index in [9.17, 15) is 9.90 Å². The molecule has 0 radical (unpaired) electrons. The molecule has 0 heterocycles. The summed E-state index contributed by atoms with van der Waals surface area (Å²) in [6, 6.07) is 7.63. The van der Waals surface area contributed by atoms with Gasteiger partial charge in [-0.15, -0.1) is 0 Å². The molecule has 0 aliphatic heterocycles. The molecule has 1 aromatic carbocycles. The number of rotatable bonds is 3. The van der Waals surface area contributed by atoms with E-state index in [0.29, 0.717) is 5.57 Å². The van der Waals surface area contributed by atoms with Crippen LogP contribution in [0.15, 0.2) is 42.5 Å². The highest BCUT2D eigenvalue weighted by Crippen LogP contribution is 2.34. The highest BCUT2D eigenvalue weighted by molar-refractivity contribution is 5.94. The minimum atomic E-state index is -1.50. The summed E-state index contributed by atoms with van der Waals surface area (Å²) >= 11 is 0. The van der Waals surface area contributed by atoms with Crippen LogP contribution in [0.25, 0.3) is 5.57 Å². The van der Waals surface area contributed by atoms with Gasteiger partial charge in [0, 0.05) is 7.11 Å². The second-order valence-corrected chi connectivity index (χ2v) is 4.61. The zero-order valence-corrected chi connectivity index (χ0v) is 11.0. The van der Waals surface area contributed by atoms with Gasteiger partial charge in [-0.3, -0.25) is 4.79 Å². The van der Waals surface area contributed by atoms with Crippen LogP contribution in [-0.2, 0) is 9.53 Å². The largest absolute Gasteiger partial charge is 0.369 e. The standard InChI is InChI=1S/C15H17NO3/c1-10-5-3-4-6-11(10)13-9-15(18,19-2)8-7-12(13)14(16)17/h3-9,12,18H,1-2H3,(H2,16,17). The van der Waals surface area contributed by atoms with Crippen molar-refractivity contribution in [3.8, 4) is 0 Å². The van der Waals surface area contributed by atoms with Gasteiger partial charge in [0.15, 0.2) is 0 Å². The van der Waals surface area contributed by atoms with Gasteiger partial charge in [0.2, 0.25) is 11.7 Å². The van der Waals surface area contributed by atoms with Crippen molar-refractivity contribution in [2.24, 2.45) is 11.7 Å². The monoisotopic (exact) mass is 259 g/mol. The lowest BCUT2D eigenvalue weighted by atomic mass is 9.84. The van der Waals surface area contributed by atoms with Crippen LogP contribution in [0, 0.1) is 12.8 Å². The molecule has 0 saturated carbocycles. The third kappa shape index (κ3) is 2.59. The van der Waals surface area contributed by atoms with Crippen molar-refractivity contribution < 1.29 is 14.6 Å². The minimum absolute atomic E-state index is 0.455. The maximum absolute atomic E-state index is 11.6. The number of carbonyl (C=O) groups is 1. The SMILES string of the molecule is COC1(O)C=CC(C(N)=O)C(c2ccccc2C)=C1. The number of primary amides is 1. The van der Waals surface area contributed by atoms with Gasteiger partial charge in [-0.2, -0.15) is 0 Å². The highest BCUT2D eigenvalue weighted by atomic mass is 16.6. The second-order valence-electron chi connectivity index (χ2n) is 4.61. The summed E-state index contributed by atoms with van der Waals surface area (Å²) in [6.45, 7) is 1.94. The molecule has 1 amide bonds. The van der Waals surface area contributed by atoms with Crippen molar-refractivity contribution in [1.82, 2.24) is 0 Å². The number of benzene rings is 1. The predicted octanol–water partition coefficient (Wildman–Crippen LogP) is 1.38. The predicted molar refractivity (Wildman–Crippen MR) is 72.9 cm³/mol. The molecule has 1 aliphatic carbocycles. The van der Waals surface area contributed by atoms with Crippen LogP contribution < -0.4 is 5.73 Å². The first-order valence-electron chi connectivity index (χ1n) is 6.02. The molecule has 0 saturated heterocycles. The molecule has 0 bridgehead atoms. The second kappa shape index (κ2) is 4.99. The summed E-state index contributed by atoms with van der Waals surface area (Å²) in [6.07, 6.45) is 4.54. The van der Waals surface area contributed by atoms with Crippen molar-refractivity contribution in [2.75, 3.05) is 7.11 Å². The lowest BCUT2D eigenvalue weighted by molar-refractivity contribution is -0.120. The van der Waals surface area contributed by atoms with Crippen LogP contribution in [0.1, 0.15) is 11.1 Å². The fraction of sp³-hybridized carbons (Fsp3) is 0.267. The molecule has 100 valence electrons. The lowest BCUT2D eigenvalue weighted by Gasteiger charge is -2.28. The Balaban J connectivity index is 2.55. The smallest absolute Gasteiger partial charge is 0.228 e. The molecule has 4 heteroatoms. The molecule has 2 atom stereocenters. The molecule has 19 heavy (non-hydrogen) atoms. The van der Waals surface area contributed by atoms with Gasteiger partial charge < -0.3 is 15.6 Å². The molecular formula is C15H17NO3. The quantitative estimate of drug-likeness (QED) is 0.636. The third-order valence-electron chi connectivity index (χ3n) is 3.31. The molecule has 0 fully saturated rings. The first-order chi connectivity index (χ1) is 8.97. The molecule has 2 unspecified atom stereocenters. The Morgan fingerprint density at radius 1 is 1.42 bits per heavy atom. The van der Waals surface area contributed by atoms with E-state index in [1.807, 2.05) is 31.2 Å². The molecule has 1 aromatic rings. The Labute approximate surface area is 112 Å². The Morgan fingerprint density at radius 3 is 2.68 bits per heavy atom. The molecule has 1 aliphatic rings. The van der Waals surface area contributed by atoms with Gasteiger partial charge in [0.25, 0.3) is 0 Å². The van der Waals surface area contributed by atoms with E-state index >= 15 is 0 Å². The molecule has 0 aromatic heterocycles. The van der Waals surface area contributed by atoms with Crippen LogP contribution in [0.5, 0.6) is 0 Å². The van der Waals surface area contributed by atoms with E-state index in [1.54, 1.807) is 6.08 Å². The third-order valence-corrected chi connectivity index (χ3v) is 3.31. The molecule has 3 N–H and O–H groups in total. The van der Waals surface area contributed by atoms with Crippen molar-refractivity contribution in [3.63, 3.8) is 0 Å². The van der Waals surface area contributed by atoms with Gasteiger partial charge >= 0.3 is 0 Å². The van der Waals surface area contributed by atoms with E-state index in [-0.39, 0.29) is 0 Å². The van der Waals surface area contributed by atoms with Crippen molar-refractivity contribution in [3.05, 3.63) is 53.6 Å². The lowest BCUT2D eigenvalue weighted by Crippen LogP contribution is -2.33. The van der Waals surface area contributed by atoms with Gasteiger partial charge in [-0.25, -0.2) is 0 Å². The first kappa shape index (κ1) is 13.5. The average Bonchev–Trinajstić information content (AvgIpc) is 2.39. The van der Waals surface area contributed by atoms with Crippen molar-refractivity contribution in [1.29, 1.82) is 0 Å². The van der Waals surface area contributed by atoms with Gasteiger partial charge in [-0.1, -0.05) is 30.3 Å². The van der Waals surface area contributed by atoms with E-state index in [4.69, 9.17) is 10.5 Å². The maximum atomic E-state index is 11.6. The summed E-state index contributed by atoms with van der Waals surface area (Å²) in [5.74, 6) is -2.51. The van der Waals surface area contributed by atoms with E-state index in [1.165, 1.54) is 19.3 Å². The summed E-state index contributed by atoms with van der Waals surface area (Å²) in [4.78, 5) is 11.6. The van der Waals surface area contributed by atoms with Crippen molar-refractivity contribution >= 4 is 11.5 Å². The van der Waals surface area contributed by atoms with E-state index < -0.39 is 17.6 Å². The van der Waals surface area contributed by atoms with Crippen LogP contribution in [0.3, 0.4) is 0 Å². The number of aryl methyl sites for hydroxylation is 1. The molecular weight excluding hydrogens is 242 g/mol. The van der Waals surface area contributed by atoms with Crippen LogP contribution in [-0.4, -0.2) is 23.9 Å². The van der Waals surface area contributed by atoms with E-state index in [2.05, 4.69) is 0 Å². The number of hydrogen-bond acceptors (Lipinski definition) is 3. The number of carbonyl (C=O) groups excluding carboxylic acids is 1. The molecule has 0 spiro atoms. The summed E-state index contributed by atoms with van der Waals surface area (Å²) < 4.78 is 5.04. The zero-order chi connectivity index (χ0) is 14.0. The summed E-state index contributed by atoms with van der Waals surface area (Å²) in [5.41, 5.74) is 7.97. The van der Waals surface area contributed by atoms with Crippen molar-refractivity contribution in [2.45, 2.75) is 12.7 Å². The Bertz CT molecular complexity index is 562.